The number of aromatic nitrogens is 3. The maximum atomic E-state index is 15.1. The van der Waals surface area contributed by atoms with Crippen molar-refractivity contribution in [3.8, 4) is 0 Å². The third-order valence-electron chi connectivity index (χ3n) is 7.28. The number of aliphatic hydroxyl groups is 1. The molecule has 4 aromatic rings. The van der Waals surface area contributed by atoms with Gasteiger partial charge in [0.05, 0.1) is 22.7 Å². The van der Waals surface area contributed by atoms with Gasteiger partial charge in [-0.15, -0.1) is 0 Å². The highest BCUT2D eigenvalue weighted by molar-refractivity contribution is 6.02. The van der Waals surface area contributed by atoms with E-state index in [2.05, 4.69) is 15.4 Å². The fourth-order valence-electron chi connectivity index (χ4n) is 5.17. The number of benzene rings is 3. The number of β-amino-alcohol motifs (C(OH)–C–C–N with tert-alkyl or cyclic N) is 1. The third-order valence-corrected chi connectivity index (χ3v) is 7.28. The van der Waals surface area contributed by atoms with E-state index in [4.69, 9.17) is 0 Å². The molecule has 0 spiro atoms. The van der Waals surface area contributed by atoms with Crippen LogP contribution in [0.2, 0.25) is 0 Å². The van der Waals surface area contributed by atoms with Crippen LogP contribution < -0.4 is 10.2 Å². The number of nitro groups is 1. The molecular weight excluding hydrogens is 579 g/mol. The Kier molecular flexibility index (Phi) is 9.01. The fraction of sp³-hybridized carbons (Fsp3) is 0.233. The van der Waals surface area contributed by atoms with Gasteiger partial charge in [0.1, 0.15) is 35.7 Å². The number of rotatable bonds is 10. The number of nitrogens with zero attached hydrogens (tertiary/aromatic N) is 6. The van der Waals surface area contributed by atoms with Gasteiger partial charge < -0.3 is 15.3 Å². The molecule has 1 aliphatic heterocycles. The van der Waals surface area contributed by atoms with E-state index in [0.29, 0.717) is 31.9 Å². The van der Waals surface area contributed by atoms with Gasteiger partial charge in [0.15, 0.2) is 0 Å². The molecule has 0 bridgehead atoms. The summed E-state index contributed by atoms with van der Waals surface area (Å²) in [6, 6.07) is 13.3. The molecule has 0 saturated carbocycles. The predicted octanol–water partition coefficient (Wildman–Crippen LogP) is 3.97. The summed E-state index contributed by atoms with van der Waals surface area (Å²) in [6.45, 7) is 1.51. The number of piperazine rings is 1. The standard InChI is InChI=1S/C30H28F3N7O4/c31-22-6-8-24(25(32)15-22)30(42,18-39-20-34-19-35-39)17-37-11-13-38(14-12-37)28-9-7-23(16-26(28)33)36-29(41)10-5-21-3-1-2-4-27(21)40(43)44/h1-10,15-16,19-20,42H,11-14,17-18H2,(H,36,41)/b10-5+. The molecule has 1 aromatic heterocycles. The summed E-state index contributed by atoms with van der Waals surface area (Å²) < 4.78 is 44.9. The van der Waals surface area contributed by atoms with E-state index in [-0.39, 0.29) is 35.6 Å². The fourth-order valence-corrected chi connectivity index (χ4v) is 5.17. The molecule has 14 heteroatoms. The first-order valence-corrected chi connectivity index (χ1v) is 13.6. The number of amides is 1. The molecule has 44 heavy (non-hydrogen) atoms. The first-order valence-electron chi connectivity index (χ1n) is 13.6. The van der Waals surface area contributed by atoms with Crippen LogP contribution in [0.3, 0.4) is 0 Å². The molecule has 1 aliphatic rings. The number of halogens is 3. The van der Waals surface area contributed by atoms with Gasteiger partial charge in [0, 0.05) is 62.2 Å². The van der Waals surface area contributed by atoms with E-state index in [1.165, 1.54) is 53.7 Å². The molecule has 5 rings (SSSR count). The van der Waals surface area contributed by atoms with Gasteiger partial charge >= 0.3 is 0 Å². The van der Waals surface area contributed by atoms with E-state index in [9.17, 15) is 28.8 Å². The average molecular weight is 608 g/mol. The maximum absolute atomic E-state index is 15.1. The average Bonchev–Trinajstić information content (AvgIpc) is 3.49. The molecule has 2 heterocycles. The second-order valence-corrected chi connectivity index (χ2v) is 10.3. The Morgan fingerprint density at radius 3 is 2.48 bits per heavy atom. The molecule has 1 amide bonds. The van der Waals surface area contributed by atoms with Crippen molar-refractivity contribution >= 4 is 29.0 Å². The lowest BCUT2D eigenvalue weighted by atomic mass is 9.92. The number of nitrogens with one attached hydrogen (secondary N) is 1. The Labute approximate surface area is 250 Å². The van der Waals surface area contributed by atoms with E-state index in [0.717, 1.165) is 18.2 Å². The SMILES string of the molecule is O=C(/C=C/c1ccccc1[N+](=O)[O-])Nc1ccc(N2CCN(CC(O)(Cn3cncn3)c3ccc(F)cc3F)CC2)c(F)c1. The van der Waals surface area contributed by atoms with Crippen LogP contribution in [0.4, 0.5) is 30.2 Å². The minimum atomic E-state index is -1.75. The van der Waals surface area contributed by atoms with E-state index in [1.54, 1.807) is 18.2 Å². The lowest BCUT2D eigenvalue weighted by molar-refractivity contribution is -0.385. The van der Waals surface area contributed by atoms with E-state index < -0.39 is 33.9 Å². The molecule has 1 saturated heterocycles. The van der Waals surface area contributed by atoms with Crippen LogP contribution >= 0.6 is 0 Å². The molecule has 0 radical (unpaired) electrons. The van der Waals surface area contributed by atoms with Crippen LogP contribution in [-0.4, -0.2) is 68.3 Å². The number of para-hydroxylation sites is 1. The Bertz CT molecular complexity index is 1680. The minimum absolute atomic E-state index is 0.0103. The van der Waals surface area contributed by atoms with Gasteiger partial charge in [-0.2, -0.15) is 5.10 Å². The molecule has 0 aliphatic carbocycles. The van der Waals surface area contributed by atoms with Crippen molar-refractivity contribution in [2.75, 3.05) is 42.9 Å². The zero-order chi connectivity index (χ0) is 31.3. The van der Waals surface area contributed by atoms with Gasteiger partial charge in [0.2, 0.25) is 5.91 Å². The van der Waals surface area contributed by atoms with Gasteiger partial charge in [-0.25, -0.2) is 22.8 Å². The molecule has 228 valence electrons. The first-order chi connectivity index (χ1) is 21.1. The second-order valence-electron chi connectivity index (χ2n) is 10.3. The van der Waals surface area contributed by atoms with Crippen LogP contribution in [0.25, 0.3) is 6.08 Å². The van der Waals surface area contributed by atoms with Crippen LogP contribution in [0.15, 0.2) is 79.4 Å². The number of carbonyl (C=O) groups excluding carboxylic acids is 1. The minimum Gasteiger partial charge on any atom is -0.382 e. The van der Waals surface area contributed by atoms with Crippen molar-refractivity contribution < 1.29 is 28.0 Å². The first kappa shape index (κ1) is 30.4. The third kappa shape index (κ3) is 7.10. The second kappa shape index (κ2) is 13.1. The Hall–Kier alpha value is -5.08. The summed E-state index contributed by atoms with van der Waals surface area (Å²) in [4.78, 5) is 30.6. The predicted molar refractivity (Wildman–Crippen MR) is 156 cm³/mol. The van der Waals surface area contributed by atoms with Gasteiger partial charge in [0.25, 0.3) is 5.69 Å². The van der Waals surface area contributed by atoms with Crippen molar-refractivity contribution in [2.45, 2.75) is 12.1 Å². The molecule has 1 unspecified atom stereocenters. The summed E-state index contributed by atoms with van der Waals surface area (Å²) in [5.74, 6) is -2.78. The summed E-state index contributed by atoms with van der Waals surface area (Å²) in [6.07, 6.45) is 5.14. The number of carbonyl (C=O) groups is 1. The van der Waals surface area contributed by atoms with Crippen molar-refractivity contribution in [1.29, 1.82) is 0 Å². The van der Waals surface area contributed by atoms with Gasteiger partial charge in [-0.1, -0.05) is 18.2 Å². The van der Waals surface area contributed by atoms with Crippen molar-refractivity contribution in [2.24, 2.45) is 0 Å². The topological polar surface area (TPSA) is 130 Å². The van der Waals surface area contributed by atoms with Gasteiger partial charge in [-0.05, 0) is 36.4 Å². The van der Waals surface area contributed by atoms with E-state index >= 15 is 4.39 Å². The quantitative estimate of drug-likeness (QED) is 0.158. The maximum Gasteiger partial charge on any atom is 0.276 e. The van der Waals surface area contributed by atoms with E-state index in [1.807, 2.05) is 9.80 Å². The summed E-state index contributed by atoms with van der Waals surface area (Å²) in [5, 5.41) is 29.3. The molecular formula is C30H28F3N7O4. The van der Waals surface area contributed by atoms with Crippen LogP contribution in [0.5, 0.6) is 0 Å². The smallest absolute Gasteiger partial charge is 0.276 e. The highest BCUT2D eigenvalue weighted by atomic mass is 19.1. The number of hydrogen-bond acceptors (Lipinski definition) is 8. The van der Waals surface area contributed by atoms with Gasteiger partial charge in [-0.3, -0.25) is 19.8 Å². The van der Waals surface area contributed by atoms with Crippen LogP contribution in [0, 0.1) is 27.6 Å². The lowest BCUT2D eigenvalue weighted by Gasteiger charge is -2.40. The van der Waals surface area contributed by atoms with Crippen molar-refractivity contribution in [1.82, 2.24) is 19.7 Å². The number of nitro benzene ring substituents is 1. The molecule has 1 fully saturated rings. The van der Waals surface area contributed by atoms with Crippen molar-refractivity contribution in [3.63, 3.8) is 0 Å². The molecule has 3 aromatic carbocycles. The highest BCUT2D eigenvalue weighted by Gasteiger charge is 2.36. The monoisotopic (exact) mass is 607 g/mol. The number of anilines is 2. The summed E-state index contributed by atoms with van der Waals surface area (Å²) in [5.41, 5.74) is -1.18. The summed E-state index contributed by atoms with van der Waals surface area (Å²) in [7, 11) is 0. The largest absolute Gasteiger partial charge is 0.382 e. The number of hydrogen-bond donors (Lipinski definition) is 2. The Morgan fingerprint density at radius 2 is 1.80 bits per heavy atom. The van der Waals surface area contributed by atoms with Crippen LogP contribution in [0.1, 0.15) is 11.1 Å². The molecule has 2 N–H and O–H groups in total. The highest BCUT2D eigenvalue weighted by Crippen LogP contribution is 2.30. The zero-order valence-electron chi connectivity index (χ0n) is 23.3. The Morgan fingerprint density at radius 1 is 1.02 bits per heavy atom. The molecule has 11 nitrogen and oxygen atoms in total. The summed E-state index contributed by atoms with van der Waals surface area (Å²) >= 11 is 0. The lowest BCUT2D eigenvalue weighted by Crippen LogP contribution is -2.52. The van der Waals surface area contributed by atoms with Crippen molar-refractivity contribution in [3.05, 3.63) is 118 Å². The zero-order valence-corrected chi connectivity index (χ0v) is 23.3. The normalized spacial score (nSPS) is 15.3. The molecule has 1 atom stereocenters. The Balaban J connectivity index is 1.21. The van der Waals surface area contributed by atoms with Crippen LogP contribution in [-0.2, 0) is 16.9 Å².